The average molecular weight is 372 g/mol. The number of fused-ring (bicyclic) bond motifs is 1. The van der Waals surface area contributed by atoms with Crippen LogP contribution in [0.4, 0.5) is 0 Å². The molecule has 1 aromatic carbocycles. The molecule has 142 valence electrons. The maximum absolute atomic E-state index is 13.0. The van der Waals surface area contributed by atoms with E-state index in [1.807, 2.05) is 18.6 Å². The van der Waals surface area contributed by atoms with Gasteiger partial charge in [0, 0.05) is 18.0 Å². The molecule has 0 aliphatic heterocycles. The first-order chi connectivity index (χ1) is 13.6. The summed E-state index contributed by atoms with van der Waals surface area (Å²) in [5.41, 5.74) is 7.02. The first kappa shape index (κ1) is 17.3. The molecule has 2 aromatic heterocycles. The van der Waals surface area contributed by atoms with Crippen molar-refractivity contribution in [3.05, 3.63) is 80.5 Å². The van der Waals surface area contributed by atoms with Crippen LogP contribution in [0.1, 0.15) is 64.5 Å². The zero-order chi connectivity index (χ0) is 19.3. The van der Waals surface area contributed by atoms with Gasteiger partial charge >= 0.3 is 0 Å². The van der Waals surface area contributed by atoms with Crippen LogP contribution in [0.3, 0.4) is 0 Å². The smallest absolute Gasteiger partial charge is 0.267 e. The summed E-state index contributed by atoms with van der Waals surface area (Å²) in [6.07, 6.45) is 10.6. The van der Waals surface area contributed by atoms with Crippen molar-refractivity contribution in [3.63, 3.8) is 0 Å². The summed E-state index contributed by atoms with van der Waals surface area (Å²) in [5, 5.41) is 4.40. The molecule has 5 rings (SSSR count). The fourth-order valence-corrected chi connectivity index (χ4v) is 4.41. The molecule has 5 heteroatoms. The summed E-state index contributed by atoms with van der Waals surface area (Å²) in [7, 11) is 0. The van der Waals surface area contributed by atoms with E-state index in [1.165, 1.54) is 34.2 Å². The molecule has 1 atom stereocenters. The lowest BCUT2D eigenvalue weighted by molar-refractivity contribution is 0.563. The number of aryl methyl sites for hydroxylation is 2. The Morgan fingerprint density at radius 3 is 2.50 bits per heavy atom. The van der Waals surface area contributed by atoms with Crippen molar-refractivity contribution in [1.82, 2.24) is 19.7 Å². The van der Waals surface area contributed by atoms with E-state index in [0.29, 0.717) is 17.8 Å². The Morgan fingerprint density at radius 2 is 1.79 bits per heavy atom. The number of rotatable bonds is 3. The van der Waals surface area contributed by atoms with Gasteiger partial charge in [0.15, 0.2) is 0 Å². The van der Waals surface area contributed by atoms with Crippen LogP contribution in [0, 0.1) is 13.8 Å². The molecular weight excluding hydrogens is 348 g/mol. The third-order valence-corrected chi connectivity index (χ3v) is 6.14. The van der Waals surface area contributed by atoms with E-state index < -0.39 is 0 Å². The minimum atomic E-state index is -0.0734. The van der Waals surface area contributed by atoms with Gasteiger partial charge in [0.05, 0.1) is 6.20 Å². The Morgan fingerprint density at radius 1 is 1.00 bits per heavy atom. The highest BCUT2D eigenvalue weighted by Gasteiger charge is 2.26. The van der Waals surface area contributed by atoms with Crippen molar-refractivity contribution in [2.45, 2.75) is 57.8 Å². The summed E-state index contributed by atoms with van der Waals surface area (Å²) >= 11 is 0. The lowest BCUT2D eigenvalue weighted by Crippen LogP contribution is -2.30. The molecule has 1 unspecified atom stereocenters. The number of benzene rings is 1. The van der Waals surface area contributed by atoms with Crippen molar-refractivity contribution in [2.24, 2.45) is 0 Å². The Bertz CT molecular complexity index is 1100. The second kappa shape index (κ2) is 6.66. The van der Waals surface area contributed by atoms with E-state index in [4.69, 9.17) is 0 Å². The first-order valence-electron chi connectivity index (χ1n) is 10.1. The van der Waals surface area contributed by atoms with Crippen LogP contribution in [-0.2, 0) is 12.8 Å². The second-order valence-electron chi connectivity index (χ2n) is 8.26. The molecule has 1 fully saturated rings. The maximum Gasteiger partial charge on any atom is 0.277 e. The molecule has 0 amide bonds. The van der Waals surface area contributed by atoms with Crippen LogP contribution in [0.2, 0.25) is 0 Å². The predicted molar refractivity (Wildman–Crippen MR) is 108 cm³/mol. The molecule has 3 aromatic rings. The monoisotopic (exact) mass is 372 g/mol. The van der Waals surface area contributed by atoms with Crippen molar-refractivity contribution in [1.29, 1.82) is 0 Å². The van der Waals surface area contributed by atoms with Crippen LogP contribution >= 0.6 is 0 Å². The zero-order valence-corrected chi connectivity index (χ0v) is 16.4. The van der Waals surface area contributed by atoms with Gasteiger partial charge in [0.1, 0.15) is 0 Å². The SMILES string of the molecule is Cc1ccc(C2CCc3c(cnn(-c4ncc(C5CC5)cn4)c3=O)C2)c(C)c1. The van der Waals surface area contributed by atoms with Crippen LogP contribution in [0.5, 0.6) is 0 Å². The van der Waals surface area contributed by atoms with E-state index >= 15 is 0 Å². The summed E-state index contributed by atoms with van der Waals surface area (Å²) in [6, 6.07) is 6.66. The minimum absolute atomic E-state index is 0.0734. The summed E-state index contributed by atoms with van der Waals surface area (Å²) in [6.45, 7) is 4.30. The van der Waals surface area contributed by atoms with E-state index in [9.17, 15) is 4.79 Å². The van der Waals surface area contributed by atoms with Crippen molar-refractivity contribution in [3.8, 4) is 5.95 Å². The lowest BCUT2D eigenvalue weighted by atomic mass is 9.79. The molecule has 0 radical (unpaired) electrons. The standard InChI is InChI=1S/C23H24N4O/c1-14-3-7-20(15(2)9-14)17-6-8-21-18(10-17)13-26-27(22(21)28)23-24-11-19(12-25-23)16-4-5-16/h3,7,9,11-13,16-17H,4-6,8,10H2,1-2H3. The molecule has 5 nitrogen and oxygen atoms in total. The topological polar surface area (TPSA) is 60.7 Å². The molecular formula is C23H24N4O. The zero-order valence-electron chi connectivity index (χ0n) is 16.4. The number of nitrogens with zero attached hydrogens (tertiary/aromatic N) is 4. The van der Waals surface area contributed by atoms with Gasteiger partial charge in [-0.3, -0.25) is 4.79 Å². The van der Waals surface area contributed by atoms with E-state index in [-0.39, 0.29) is 5.56 Å². The van der Waals surface area contributed by atoms with E-state index in [2.05, 4.69) is 47.1 Å². The van der Waals surface area contributed by atoms with Gasteiger partial charge in [0.2, 0.25) is 0 Å². The third kappa shape index (κ3) is 3.05. The quantitative estimate of drug-likeness (QED) is 0.702. The molecule has 1 saturated carbocycles. The number of hydrogen-bond donors (Lipinski definition) is 0. The minimum Gasteiger partial charge on any atom is -0.267 e. The Balaban J connectivity index is 1.44. The summed E-state index contributed by atoms with van der Waals surface area (Å²) in [5.74, 6) is 1.41. The van der Waals surface area contributed by atoms with Gasteiger partial charge in [-0.1, -0.05) is 23.8 Å². The van der Waals surface area contributed by atoms with Crippen LogP contribution < -0.4 is 5.56 Å². The predicted octanol–water partition coefficient (Wildman–Crippen LogP) is 3.79. The Labute approximate surface area is 164 Å². The van der Waals surface area contributed by atoms with Gasteiger partial charge in [-0.05, 0) is 80.0 Å². The van der Waals surface area contributed by atoms with Crippen LogP contribution in [0.25, 0.3) is 5.95 Å². The van der Waals surface area contributed by atoms with Crippen molar-refractivity contribution >= 4 is 0 Å². The second-order valence-corrected chi connectivity index (χ2v) is 8.26. The third-order valence-electron chi connectivity index (χ3n) is 6.14. The fourth-order valence-electron chi connectivity index (χ4n) is 4.41. The van der Waals surface area contributed by atoms with E-state index in [1.54, 1.807) is 0 Å². The largest absolute Gasteiger partial charge is 0.277 e. The Kier molecular flexibility index (Phi) is 4.11. The van der Waals surface area contributed by atoms with Gasteiger partial charge in [-0.25, -0.2) is 9.97 Å². The maximum atomic E-state index is 13.0. The normalized spacial score (nSPS) is 18.7. The molecule has 2 aliphatic rings. The van der Waals surface area contributed by atoms with Gasteiger partial charge < -0.3 is 0 Å². The highest BCUT2D eigenvalue weighted by Crippen LogP contribution is 2.39. The molecule has 0 saturated heterocycles. The Hall–Kier alpha value is -2.82. The molecule has 0 spiro atoms. The van der Waals surface area contributed by atoms with Crippen LogP contribution in [0.15, 0.2) is 41.6 Å². The molecule has 28 heavy (non-hydrogen) atoms. The first-order valence-corrected chi connectivity index (χ1v) is 10.1. The molecule has 2 heterocycles. The van der Waals surface area contributed by atoms with Crippen molar-refractivity contribution < 1.29 is 0 Å². The highest BCUT2D eigenvalue weighted by molar-refractivity contribution is 5.37. The highest BCUT2D eigenvalue weighted by atomic mass is 16.1. The molecule has 2 aliphatic carbocycles. The fraction of sp³-hybridized carbons (Fsp3) is 0.391. The molecule has 0 bridgehead atoms. The average Bonchev–Trinajstić information content (AvgIpc) is 3.54. The molecule has 0 N–H and O–H groups in total. The summed E-state index contributed by atoms with van der Waals surface area (Å²) < 4.78 is 1.35. The summed E-state index contributed by atoms with van der Waals surface area (Å²) in [4.78, 5) is 21.8. The van der Waals surface area contributed by atoms with E-state index in [0.717, 1.165) is 36.0 Å². The van der Waals surface area contributed by atoms with Crippen molar-refractivity contribution in [2.75, 3.05) is 0 Å². The number of aromatic nitrogens is 4. The van der Waals surface area contributed by atoms with Gasteiger partial charge in [-0.15, -0.1) is 0 Å². The van der Waals surface area contributed by atoms with Gasteiger partial charge in [-0.2, -0.15) is 9.78 Å². The number of hydrogen-bond acceptors (Lipinski definition) is 4. The lowest BCUT2D eigenvalue weighted by Gasteiger charge is -2.26. The van der Waals surface area contributed by atoms with Gasteiger partial charge in [0.25, 0.3) is 11.5 Å². The van der Waals surface area contributed by atoms with Crippen LogP contribution in [-0.4, -0.2) is 19.7 Å².